The fraction of sp³-hybridized carbons (Fsp3) is 0.0526. The molecule has 1 aromatic heterocycles. The monoisotopic (exact) mass is 340 g/mol. The molecule has 2 heterocycles. The Morgan fingerprint density at radius 1 is 1.00 bits per heavy atom. The Morgan fingerprint density at radius 3 is 2.74 bits per heavy atom. The maximum Gasteiger partial charge on any atom is 0.142 e. The molecule has 4 heteroatoms. The predicted molar refractivity (Wildman–Crippen MR) is 94.4 cm³/mol. The van der Waals surface area contributed by atoms with E-state index in [4.69, 9.17) is 4.74 Å². The zero-order valence-electron chi connectivity index (χ0n) is 12.1. The van der Waals surface area contributed by atoms with Crippen LogP contribution in [0.4, 0.5) is 4.39 Å². The maximum atomic E-state index is 13.5. The molecule has 0 saturated heterocycles. The van der Waals surface area contributed by atoms with Crippen LogP contribution in [-0.2, 0) is 0 Å². The van der Waals surface area contributed by atoms with Crippen molar-refractivity contribution < 1.29 is 9.13 Å². The number of halogens is 1. The molecular formula is C19H13FOS2. The SMILES string of the molecule is Fc1cccc(SC2C=C(c3cccs3)Oc3ccccc32)c1. The molecule has 114 valence electrons. The second kappa shape index (κ2) is 6.22. The molecule has 0 saturated carbocycles. The van der Waals surface area contributed by atoms with Gasteiger partial charge in [-0.1, -0.05) is 30.3 Å². The minimum Gasteiger partial charge on any atom is -0.456 e. The number of thiophene rings is 1. The smallest absolute Gasteiger partial charge is 0.142 e. The van der Waals surface area contributed by atoms with Gasteiger partial charge in [0, 0.05) is 10.5 Å². The minimum absolute atomic E-state index is 0.0962. The van der Waals surface area contributed by atoms with Gasteiger partial charge >= 0.3 is 0 Å². The highest BCUT2D eigenvalue weighted by molar-refractivity contribution is 7.99. The molecule has 0 radical (unpaired) electrons. The summed E-state index contributed by atoms with van der Waals surface area (Å²) < 4.78 is 19.5. The lowest BCUT2D eigenvalue weighted by molar-refractivity contribution is 0.499. The van der Waals surface area contributed by atoms with Crippen LogP contribution in [0.25, 0.3) is 5.76 Å². The zero-order valence-corrected chi connectivity index (χ0v) is 13.7. The molecule has 1 unspecified atom stereocenters. The Hall–Kier alpha value is -2.04. The molecule has 0 fully saturated rings. The van der Waals surface area contributed by atoms with Crippen LogP contribution in [0.1, 0.15) is 15.7 Å². The number of hydrogen-bond donors (Lipinski definition) is 0. The molecular weight excluding hydrogens is 327 g/mol. The summed E-state index contributed by atoms with van der Waals surface area (Å²) in [5.74, 6) is 1.53. The highest BCUT2D eigenvalue weighted by Crippen LogP contribution is 2.46. The molecule has 1 aliphatic heterocycles. The van der Waals surface area contributed by atoms with Crippen molar-refractivity contribution in [3.63, 3.8) is 0 Å². The van der Waals surface area contributed by atoms with Gasteiger partial charge in [-0.25, -0.2) is 4.39 Å². The lowest BCUT2D eigenvalue weighted by Gasteiger charge is -2.24. The molecule has 2 aromatic carbocycles. The van der Waals surface area contributed by atoms with Crippen molar-refractivity contribution in [2.75, 3.05) is 0 Å². The average molecular weight is 340 g/mol. The molecule has 3 aromatic rings. The molecule has 0 bridgehead atoms. The Labute approximate surface area is 142 Å². The van der Waals surface area contributed by atoms with Gasteiger partial charge in [-0.05, 0) is 41.8 Å². The number of fused-ring (bicyclic) bond motifs is 1. The van der Waals surface area contributed by atoms with E-state index in [1.807, 2.05) is 41.8 Å². The fourth-order valence-corrected chi connectivity index (χ4v) is 4.35. The van der Waals surface area contributed by atoms with Crippen molar-refractivity contribution in [1.29, 1.82) is 0 Å². The van der Waals surface area contributed by atoms with Crippen LogP contribution in [0.2, 0.25) is 0 Å². The molecule has 23 heavy (non-hydrogen) atoms. The van der Waals surface area contributed by atoms with Crippen molar-refractivity contribution >= 4 is 28.9 Å². The van der Waals surface area contributed by atoms with Crippen LogP contribution in [0.15, 0.2) is 77.0 Å². The standard InChI is InChI=1S/C19H13FOS2/c20-13-5-3-6-14(11-13)23-19-12-17(18-9-4-10-22-18)21-16-8-2-1-7-15(16)19/h1-12,19H. The molecule has 1 nitrogen and oxygen atoms in total. The first-order valence-electron chi connectivity index (χ1n) is 7.24. The summed E-state index contributed by atoms with van der Waals surface area (Å²) in [6, 6.07) is 18.8. The lowest BCUT2D eigenvalue weighted by Crippen LogP contribution is -2.06. The van der Waals surface area contributed by atoms with Crippen LogP contribution < -0.4 is 4.74 Å². The topological polar surface area (TPSA) is 9.23 Å². The Morgan fingerprint density at radius 2 is 1.91 bits per heavy atom. The summed E-state index contributed by atoms with van der Waals surface area (Å²) in [6.45, 7) is 0. The number of benzene rings is 2. The zero-order chi connectivity index (χ0) is 15.6. The van der Waals surface area contributed by atoms with E-state index in [-0.39, 0.29) is 11.1 Å². The first kappa shape index (κ1) is 14.5. The third kappa shape index (κ3) is 3.05. The number of rotatable bonds is 3. The molecule has 0 amide bonds. The quantitative estimate of drug-likeness (QED) is 0.565. The van der Waals surface area contributed by atoms with Crippen molar-refractivity contribution in [2.45, 2.75) is 10.1 Å². The number of ether oxygens (including phenoxy) is 1. The van der Waals surface area contributed by atoms with E-state index in [9.17, 15) is 4.39 Å². The van der Waals surface area contributed by atoms with Gasteiger partial charge in [-0.2, -0.15) is 0 Å². The summed E-state index contributed by atoms with van der Waals surface area (Å²) in [4.78, 5) is 2.01. The van der Waals surface area contributed by atoms with Crippen molar-refractivity contribution in [2.24, 2.45) is 0 Å². The van der Waals surface area contributed by atoms with E-state index in [2.05, 4.69) is 12.1 Å². The van der Waals surface area contributed by atoms with E-state index in [1.165, 1.54) is 6.07 Å². The number of para-hydroxylation sites is 1. The first-order valence-corrected chi connectivity index (χ1v) is 9.00. The molecule has 4 rings (SSSR count). The van der Waals surface area contributed by atoms with Gasteiger partial charge in [0.2, 0.25) is 0 Å². The Bertz CT molecular complexity index is 855. The second-order valence-corrected chi connectivity index (χ2v) is 7.31. The molecule has 1 atom stereocenters. The van der Waals surface area contributed by atoms with Gasteiger partial charge in [-0.3, -0.25) is 0 Å². The van der Waals surface area contributed by atoms with Gasteiger partial charge in [0.1, 0.15) is 17.3 Å². The van der Waals surface area contributed by atoms with Gasteiger partial charge in [-0.15, -0.1) is 23.1 Å². The third-order valence-electron chi connectivity index (χ3n) is 3.57. The highest BCUT2D eigenvalue weighted by atomic mass is 32.2. The van der Waals surface area contributed by atoms with E-state index >= 15 is 0 Å². The van der Waals surface area contributed by atoms with E-state index in [0.29, 0.717) is 0 Å². The van der Waals surface area contributed by atoms with Crippen molar-refractivity contribution in [3.8, 4) is 5.75 Å². The van der Waals surface area contributed by atoms with Crippen LogP contribution in [-0.4, -0.2) is 0 Å². The summed E-state index contributed by atoms with van der Waals surface area (Å²) in [5, 5.41) is 2.13. The van der Waals surface area contributed by atoms with Crippen molar-refractivity contribution in [3.05, 3.63) is 88.4 Å². The Balaban J connectivity index is 1.73. The summed E-state index contributed by atoms with van der Waals surface area (Å²) in [7, 11) is 0. The lowest BCUT2D eigenvalue weighted by atomic mass is 10.1. The van der Waals surface area contributed by atoms with Gasteiger partial charge in [0.05, 0.1) is 10.1 Å². The van der Waals surface area contributed by atoms with Crippen LogP contribution in [0.5, 0.6) is 5.75 Å². The van der Waals surface area contributed by atoms with Crippen LogP contribution >= 0.6 is 23.1 Å². The highest BCUT2D eigenvalue weighted by Gasteiger charge is 2.23. The third-order valence-corrected chi connectivity index (χ3v) is 5.63. The normalized spacial score (nSPS) is 16.4. The van der Waals surface area contributed by atoms with Crippen molar-refractivity contribution in [1.82, 2.24) is 0 Å². The predicted octanol–water partition coefficient (Wildman–Crippen LogP) is 6.15. The maximum absolute atomic E-state index is 13.5. The first-order chi connectivity index (χ1) is 11.3. The Kier molecular flexibility index (Phi) is 3.93. The molecule has 0 spiro atoms. The second-order valence-electron chi connectivity index (χ2n) is 5.14. The molecule has 1 aliphatic rings. The average Bonchev–Trinajstić information content (AvgIpc) is 3.09. The number of hydrogen-bond acceptors (Lipinski definition) is 3. The summed E-state index contributed by atoms with van der Waals surface area (Å²) >= 11 is 3.28. The minimum atomic E-state index is -0.210. The fourth-order valence-electron chi connectivity index (χ4n) is 2.52. The van der Waals surface area contributed by atoms with E-state index in [0.717, 1.165) is 26.8 Å². The largest absolute Gasteiger partial charge is 0.456 e. The van der Waals surface area contributed by atoms with Crippen LogP contribution in [0.3, 0.4) is 0 Å². The van der Waals surface area contributed by atoms with E-state index in [1.54, 1.807) is 35.2 Å². The van der Waals surface area contributed by atoms with Gasteiger partial charge in [0.25, 0.3) is 0 Å². The van der Waals surface area contributed by atoms with Crippen LogP contribution in [0, 0.1) is 5.82 Å². The summed E-state index contributed by atoms with van der Waals surface area (Å²) in [6.07, 6.45) is 2.11. The summed E-state index contributed by atoms with van der Waals surface area (Å²) in [5.41, 5.74) is 1.11. The van der Waals surface area contributed by atoms with Gasteiger partial charge in [0.15, 0.2) is 0 Å². The molecule has 0 N–H and O–H groups in total. The molecule has 0 aliphatic carbocycles. The van der Waals surface area contributed by atoms with Gasteiger partial charge < -0.3 is 4.74 Å². The number of thioether (sulfide) groups is 1. The van der Waals surface area contributed by atoms with E-state index < -0.39 is 0 Å².